The maximum Gasteiger partial charge on any atom is 0.330 e. The van der Waals surface area contributed by atoms with E-state index < -0.39 is 0 Å². The number of rotatable bonds is 3. The van der Waals surface area contributed by atoms with Crippen molar-refractivity contribution < 1.29 is 19.0 Å². The molecule has 1 heterocycles. The molecule has 90 valence electrons. The fourth-order valence-corrected chi connectivity index (χ4v) is 1.86. The summed E-state index contributed by atoms with van der Waals surface area (Å²) >= 11 is 3.40. The molecule has 0 spiro atoms. The largest absolute Gasteiger partial charge is 0.463 e. The van der Waals surface area contributed by atoms with Crippen LogP contribution >= 0.6 is 15.9 Å². The Bertz CT molecular complexity index is 468. The summed E-state index contributed by atoms with van der Waals surface area (Å²) in [6.45, 7) is 2.36. The van der Waals surface area contributed by atoms with Crippen LogP contribution in [0.15, 0.2) is 22.7 Å². The molecule has 0 saturated carbocycles. The topological polar surface area (TPSA) is 44.8 Å². The monoisotopic (exact) mass is 298 g/mol. The molecule has 0 aliphatic carbocycles. The van der Waals surface area contributed by atoms with Gasteiger partial charge in [-0.25, -0.2) is 4.79 Å². The van der Waals surface area contributed by atoms with Gasteiger partial charge >= 0.3 is 5.97 Å². The summed E-state index contributed by atoms with van der Waals surface area (Å²) in [5.74, 6) is 1.01. The molecule has 1 aromatic carbocycles. The zero-order valence-corrected chi connectivity index (χ0v) is 10.8. The highest BCUT2D eigenvalue weighted by Gasteiger charge is 2.15. The van der Waals surface area contributed by atoms with Gasteiger partial charge in [-0.1, -0.05) is 15.9 Å². The molecule has 1 aliphatic rings. The summed E-state index contributed by atoms with van der Waals surface area (Å²) < 4.78 is 16.1. The second kappa shape index (κ2) is 5.23. The Morgan fingerprint density at radius 2 is 2.18 bits per heavy atom. The first-order valence-corrected chi connectivity index (χ1v) is 5.94. The molecule has 5 heteroatoms. The van der Waals surface area contributed by atoms with Gasteiger partial charge in [-0.2, -0.15) is 0 Å². The predicted octanol–water partition coefficient (Wildman–Crippen LogP) is 2.75. The molecule has 0 amide bonds. The average Bonchev–Trinajstić information content (AvgIpc) is 2.73. The summed E-state index contributed by atoms with van der Waals surface area (Å²) in [4.78, 5) is 11.2. The molecular weight excluding hydrogens is 288 g/mol. The smallest absolute Gasteiger partial charge is 0.330 e. The lowest BCUT2D eigenvalue weighted by molar-refractivity contribution is -0.137. The van der Waals surface area contributed by atoms with Crippen molar-refractivity contribution in [3.05, 3.63) is 28.2 Å². The van der Waals surface area contributed by atoms with Gasteiger partial charge in [-0.15, -0.1) is 0 Å². The summed E-state index contributed by atoms with van der Waals surface area (Å²) in [5.41, 5.74) is 0.835. The van der Waals surface area contributed by atoms with Gasteiger partial charge < -0.3 is 14.2 Å². The predicted molar refractivity (Wildman–Crippen MR) is 65.9 cm³/mol. The van der Waals surface area contributed by atoms with E-state index in [1.807, 2.05) is 12.1 Å². The molecular formula is C12H11BrO4. The number of benzene rings is 1. The number of fused-ring (bicyclic) bond motifs is 1. The van der Waals surface area contributed by atoms with Crippen molar-refractivity contribution in [3.63, 3.8) is 0 Å². The first kappa shape index (κ1) is 12.0. The van der Waals surface area contributed by atoms with Crippen LogP contribution in [0.5, 0.6) is 11.5 Å². The molecule has 0 radical (unpaired) electrons. The van der Waals surface area contributed by atoms with Crippen LogP contribution in [0.25, 0.3) is 6.08 Å². The number of carbonyl (C=O) groups is 1. The molecule has 0 unspecified atom stereocenters. The Morgan fingerprint density at radius 3 is 2.88 bits per heavy atom. The molecule has 0 fully saturated rings. The Hall–Kier alpha value is -1.49. The van der Waals surface area contributed by atoms with Crippen LogP contribution < -0.4 is 9.47 Å². The first-order chi connectivity index (χ1) is 8.20. The third-order valence-corrected chi connectivity index (χ3v) is 2.86. The van der Waals surface area contributed by atoms with E-state index in [4.69, 9.17) is 14.2 Å². The minimum absolute atomic E-state index is 0.229. The standard InChI is InChI=1S/C12H11BrO4/c1-2-15-12(14)4-3-8-5-10-11(6-9(8)13)17-7-16-10/h3-6H,2,7H2,1H3. The maximum atomic E-state index is 11.2. The van der Waals surface area contributed by atoms with E-state index in [2.05, 4.69) is 15.9 Å². The molecule has 4 nitrogen and oxygen atoms in total. The third-order valence-electron chi connectivity index (χ3n) is 2.18. The van der Waals surface area contributed by atoms with E-state index in [0.29, 0.717) is 18.1 Å². The molecule has 0 atom stereocenters. The maximum absolute atomic E-state index is 11.2. The number of hydrogen-bond acceptors (Lipinski definition) is 4. The molecule has 0 aromatic heterocycles. The van der Waals surface area contributed by atoms with Crippen LogP contribution in [-0.2, 0) is 9.53 Å². The number of ether oxygens (including phenoxy) is 3. The van der Waals surface area contributed by atoms with Gasteiger partial charge in [0.25, 0.3) is 0 Å². The van der Waals surface area contributed by atoms with Gasteiger partial charge in [0.2, 0.25) is 6.79 Å². The van der Waals surface area contributed by atoms with Crippen molar-refractivity contribution in [3.8, 4) is 11.5 Å². The van der Waals surface area contributed by atoms with Gasteiger partial charge in [0.15, 0.2) is 11.5 Å². The lowest BCUT2D eigenvalue weighted by atomic mass is 10.2. The Morgan fingerprint density at radius 1 is 1.47 bits per heavy atom. The van der Waals surface area contributed by atoms with Crippen molar-refractivity contribution in [2.24, 2.45) is 0 Å². The van der Waals surface area contributed by atoms with Gasteiger partial charge in [0.05, 0.1) is 6.61 Å². The summed E-state index contributed by atoms with van der Waals surface area (Å²) in [6.07, 6.45) is 3.05. The summed E-state index contributed by atoms with van der Waals surface area (Å²) in [6, 6.07) is 3.62. The normalized spacial score (nSPS) is 13.1. The van der Waals surface area contributed by atoms with Crippen LogP contribution in [0.3, 0.4) is 0 Å². The van der Waals surface area contributed by atoms with E-state index in [1.165, 1.54) is 6.08 Å². The van der Waals surface area contributed by atoms with Crippen molar-refractivity contribution in [1.29, 1.82) is 0 Å². The molecule has 2 rings (SSSR count). The highest BCUT2D eigenvalue weighted by molar-refractivity contribution is 9.10. The SMILES string of the molecule is CCOC(=O)C=Cc1cc2c(cc1Br)OCO2. The minimum atomic E-state index is -0.364. The van der Waals surface area contributed by atoms with Crippen molar-refractivity contribution in [1.82, 2.24) is 0 Å². The van der Waals surface area contributed by atoms with E-state index in [1.54, 1.807) is 13.0 Å². The van der Waals surface area contributed by atoms with E-state index in [0.717, 1.165) is 10.0 Å². The van der Waals surface area contributed by atoms with Gasteiger partial charge in [-0.3, -0.25) is 0 Å². The van der Waals surface area contributed by atoms with Crippen LogP contribution in [0.2, 0.25) is 0 Å². The first-order valence-electron chi connectivity index (χ1n) is 5.14. The average molecular weight is 299 g/mol. The molecule has 0 bridgehead atoms. The van der Waals surface area contributed by atoms with Gasteiger partial charge in [-0.05, 0) is 30.7 Å². The summed E-state index contributed by atoms with van der Waals surface area (Å²) in [7, 11) is 0. The van der Waals surface area contributed by atoms with E-state index in [-0.39, 0.29) is 12.8 Å². The Kier molecular flexibility index (Phi) is 3.68. The van der Waals surface area contributed by atoms with E-state index in [9.17, 15) is 4.79 Å². The van der Waals surface area contributed by atoms with E-state index >= 15 is 0 Å². The molecule has 17 heavy (non-hydrogen) atoms. The van der Waals surface area contributed by atoms with Crippen LogP contribution in [0.4, 0.5) is 0 Å². The fraction of sp³-hybridized carbons (Fsp3) is 0.250. The molecule has 0 N–H and O–H groups in total. The Balaban J connectivity index is 2.19. The number of carbonyl (C=O) groups excluding carboxylic acids is 1. The summed E-state index contributed by atoms with van der Waals surface area (Å²) in [5, 5.41) is 0. The van der Waals surface area contributed by atoms with Gasteiger partial charge in [0.1, 0.15) is 0 Å². The second-order valence-corrected chi connectivity index (χ2v) is 4.17. The van der Waals surface area contributed by atoms with Crippen LogP contribution in [0.1, 0.15) is 12.5 Å². The highest BCUT2D eigenvalue weighted by atomic mass is 79.9. The second-order valence-electron chi connectivity index (χ2n) is 3.31. The van der Waals surface area contributed by atoms with Crippen molar-refractivity contribution in [2.45, 2.75) is 6.92 Å². The fourth-order valence-electron chi connectivity index (χ4n) is 1.41. The van der Waals surface area contributed by atoms with Gasteiger partial charge in [0, 0.05) is 10.5 Å². The lowest BCUT2D eigenvalue weighted by Gasteiger charge is -2.01. The third kappa shape index (κ3) is 2.79. The van der Waals surface area contributed by atoms with Crippen LogP contribution in [0, 0.1) is 0 Å². The minimum Gasteiger partial charge on any atom is -0.463 e. The molecule has 1 aliphatic heterocycles. The molecule has 0 saturated heterocycles. The zero-order chi connectivity index (χ0) is 12.3. The lowest BCUT2D eigenvalue weighted by Crippen LogP contribution is -1.98. The number of hydrogen-bond donors (Lipinski definition) is 0. The van der Waals surface area contributed by atoms with Crippen molar-refractivity contribution >= 4 is 28.0 Å². The van der Waals surface area contributed by atoms with Crippen LogP contribution in [-0.4, -0.2) is 19.4 Å². The zero-order valence-electron chi connectivity index (χ0n) is 9.23. The molecule has 1 aromatic rings. The Labute approximate surface area is 107 Å². The highest BCUT2D eigenvalue weighted by Crippen LogP contribution is 2.37. The number of esters is 1. The van der Waals surface area contributed by atoms with Crippen molar-refractivity contribution in [2.75, 3.05) is 13.4 Å². The quantitative estimate of drug-likeness (QED) is 0.636. The number of halogens is 1.